The standard InChI is InChI=1S/C12H15NS/c1-13-8-9-6-7-14-12(9)10-4-2-3-5-11(10)13/h2-5,9,12H,6-8H2,1H3/t9-,12-/m1/s1. The molecule has 2 heterocycles. The Morgan fingerprint density at radius 1 is 1.36 bits per heavy atom. The van der Waals surface area contributed by atoms with Gasteiger partial charge in [-0.05, 0) is 29.7 Å². The van der Waals surface area contributed by atoms with Gasteiger partial charge in [-0.15, -0.1) is 0 Å². The summed E-state index contributed by atoms with van der Waals surface area (Å²) in [7, 11) is 2.22. The minimum atomic E-state index is 0.780. The van der Waals surface area contributed by atoms with E-state index in [1.165, 1.54) is 24.4 Å². The van der Waals surface area contributed by atoms with Gasteiger partial charge in [0.25, 0.3) is 0 Å². The fraction of sp³-hybridized carbons (Fsp3) is 0.500. The highest BCUT2D eigenvalue weighted by Gasteiger charge is 2.35. The van der Waals surface area contributed by atoms with Crippen LogP contribution in [0.25, 0.3) is 0 Å². The van der Waals surface area contributed by atoms with Crippen LogP contribution in [-0.2, 0) is 0 Å². The molecule has 3 rings (SSSR count). The van der Waals surface area contributed by atoms with E-state index in [4.69, 9.17) is 0 Å². The zero-order valence-electron chi connectivity index (χ0n) is 8.44. The van der Waals surface area contributed by atoms with Crippen molar-refractivity contribution in [2.75, 3.05) is 24.2 Å². The van der Waals surface area contributed by atoms with E-state index in [9.17, 15) is 0 Å². The van der Waals surface area contributed by atoms with E-state index in [2.05, 4.69) is 48.0 Å². The number of fused-ring (bicyclic) bond motifs is 3. The Bertz CT molecular complexity index is 350. The molecular formula is C12H15NS. The zero-order chi connectivity index (χ0) is 9.54. The van der Waals surface area contributed by atoms with E-state index >= 15 is 0 Å². The first-order chi connectivity index (χ1) is 6.86. The highest BCUT2D eigenvalue weighted by atomic mass is 32.2. The number of nitrogens with zero attached hydrogens (tertiary/aromatic N) is 1. The molecule has 0 N–H and O–H groups in total. The molecule has 74 valence electrons. The van der Waals surface area contributed by atoms with Gasteiger partial charge >= 0.3 is 0 Å². The van der Waals surface area contributed by atoms with Crippen LogP contribution < -0.4 is 4.90 Å². The van der Waals surface area contributed by atoms with E-state index in [0.29, 0.717) is 0 Å². The third kappa shape index (κ3) is 1.17. The summed E-state index contributed by atoms with van der Waals surface area (Å²) >= 11 is 2.14. The number of rotatable bonds is 0. The number of hydrogen-bond donors (Lipinski definition) is 0. The maximum absolute atomic E-state index is 2.42. The molecule has 0 amide bonds. The van der Waals surface area contributed by atoms with E-state index in [0.717, 1.165) is 11.2 Å². The molecule has 1 aromatic carbocycles. The van der Waals surface area contributed by atoms with Gasteiger partial charge in [0.15, 0.2) is 0 Å². The molecule has 0 spiro atoms. The summed E-state index contributed by atoms with van der Waals surface area (Å²) in [6.45, 7) is 1.24. The van der Waals surface area contributed by atoms with Crippen molar-refractivity contribution in [3.05, 3.63) is 29.8 Å². The van der Waals surface area contributed by atoms with E-state index in [1.54, 1.807) is 5.56 Å². The summed E-state index contributed by atoms with van der Waals surface area (Å²) in [6.07, 6.45) is 1.40. The molecule has 0 radical (unpaired) electrons. The highest BCUT2D eigenvalue weighted by molar-refractivity contribution is 7.99. The average Bonchev–Trinajstić information content (AvgIpc) is 2.66. The summed E-state index contributed by atoms with van der Waals surface area (Å²) < 4.78 is 0. The molecule has 1 fully saturated rings. The molecule has 2 atom stereocenters. The van der Waals surface area contributed by atoms with Crippen molar-refractivity contribution < 1.29 is 0 Å². The van der Waals surface area contributed by atoms with Gasteiger partial charge in [-0.3, -0.25) is 0 Å². The topological polar surface area (TPSA) is 3.24 Å². The minimum Gasteiger partial charge on any atom is -0.374 e. The number of thioether (sulfide) groups is 1. The van der Waals surface area contributed by atoms with Crippen LogP contribution in [0.5, 0.6) is 0 Å². The smallest absolute Gasteiger partial charge is 0.0407 e. The van der Waals surface area contributed by atoms with Crippen LogP contribution in [0.3, 0.4) is 0 Å². The molecule has 2 aliphatic heterocycles. The first kappa shape index (κ1) is 8.66. The van der Waals surface area contributed by atoms with Crippen LogP contribution in [0.2, 0.25) is 0 Å². The van der Waals surface area contributed by atoms with Gasteiger partial charge in [-0.25, -0.2) is 0 Å². The average molecular weight is 205 g/mol. The van der Waals surface area contributed by atoms with E-state index < -0.39 is 0 Å². The van der Waals surface area contributed by atoms with Crippen molar-refractivity contribution in [3.63, 3.8) is 0 Å². The molecule has 2 aliphatic rings. The Morgan fingerprint density at radius 2 is 2.21 bits per heavy atom. The molecular weight excluding hydrogens is 190 g/mol. The quantitative estimate of drug-likeness (QED) is 0.640. The number of hydrogen-bond acceptors (Lipinski definition) is 2. The lowest BCUT2D eigenvalue weighted by Gasteiger charge is -2.35. The zero-order valence-corrected chi connectivity index (χ0v) is 9.26. The first-order valence-electron chi connectivity index (χ1n) is 5.28. The number of para-hydroxylation sites is 1. The molecule has 1 aromatic rings. The molecule has 0 bridgehead atoms. The monoisotopic (exact) mass is 205 g/mol. The molecule has 0 saturated carbocycles. The van der Waals surface area contributed by atoms with Gasteiger partial charge in [-0.1, -0.05) is 18.2 Å². The van der Waals surface area contributed by atoms with Gasteiger partial charge in [0.05, 0.1) is 0 Å². The van der Waals surface area contributed by atoms with Crippen molar-refractivity contribution in [2.45, 2.75) is 11.7 Å². The van der Waals surface area contributed by atoms with Gasteiger partial charge < -0.3 is 4.90 Å². The van der Waals surface area contributed by atoms with Crippen LogP contribution >= 0.6 is 11.8 Å². The Labute approximate surface area is 89.5 Å². The van der Waals surface area contributed by atoms with Gasteiger partial charge in [0, 0.05) is 24.5 Å². The molecule has 14 heavy (non-hydrogen) atoms. The van der Waals surface area contributed by atoms with Crippen molar-refractivity contribution in [1.82, 2.24) is 0 Å². The van der Waals surface area contributed by atoms with E-state index in [-0.39, 0.29) is 0 Å². The van der Waals surface area contributed by atoms with Gasteiger partial charge in [-0.2, -0.15) is 11.8 Å². The van der Waals surface area contributed by atoms with Gasteiger partial charge in [0.2, 0.25) is 0 Å². The summed E-state index contributed by atoms with van der Waals surface area (Å²) in [5.74, 6) is 2.23. The van der Waals surface area contributed by atoms with Crippen LogP contribution in [0.15, 0.2) is 24.3 Å². The maximum atomic E-state index is 2.42. The van der Waals surface area contributed by atoms with Crippen molar-refractivity contribution in [1.29, 1.82) is 0 Å². The van der Waals surface area contributed by atoms with Crippen LogP contribution in [0.1, 0.15) is 17.2 Å². The lowest BCUT2D eigenvalue weighted by atomic mass is 9.91. The van der Waals surface area contributed by atoms with Crippen LogP contribution in [-0.4, -0.2) is 19.3 Å². The number of benzene rings is 1. The fourth-order valence-electron chi connectivity index (χ4n) is 2.69. The SMILES string of the molecule is CN1C[C@H]2CCS[C@H]2c2ccccc21. The largest absolute Gasteiger partial charge is 0.374 e. The van der Waals surface area contributed by atoms with Gasteiger partial charge in [0.1, 0.15) is 0 Å². The third-order valence-electron chi connectivity index (χ3n) is 3.38. The Morgan fingerprint density at radius 3 is 3.14 bits per heavy atom. The summed E-state index contributed by atoms with van der Waals surface area (Å²) in [5, 5.41) is 0.780. The predicted molar refractivity (Wildman–Crippen MR) is 63.0 cm³/mol. The van der Waals surface area contributed by atoms with Crippen molar-refractivity contribution in [3.8, 4) is 0 Å². The second-order valence-corrected chi connectivity index (χ2v) is 5.53. The van der Waals surface area contributed by atoms with E-state index in [1.807, 2.05) is 0 Å². The molecule has 1 saturated heterocycles. The van der Waals surface area contributed by atoms with Crippen molar-refractivity contribution >= 4 is 17.4 Å². The Balaban J connectivity index is 2.09. The molecule has 0 aliphatic carbocycles. The predicted octanol–water partition coefficient (Wildman–Crippen LogP) is 2.93. The highest BCUT2D eigenvalue weighted by Crippen LogP contribution is 2.50. The number of anilines is 1. The summed E-state index contributed by atoms with van der Waals surface area (Å²) in [4.78, 5) is 2.42. The maximum Gasteiger partial charge on any atom is 0.0407 e. The van der Waals surface area contributed by atoms with Crippen molar-refractivity contribution in [2.24, 2.45) is 5.92 Å². The minimum absolute atomic E-state index is 0.780. The molecule has 1 nitrogen and oxygen atoms in total. The molecule has 2 heteroatoms. The van der Waals surface area contributed by atoms with Crippen LogP contribution in [0, 0.1) is 5.92 Å². The summed E-state index contributed by atoms with van der Waals surface area (Å²) in [5.41, 5.74) is 3.01. The Hall–Kier alpha value is -0.630. The first-order valence-corrected chi connectivity index (χ1v) is 6.33. The lowest BCUT2D eigenvalue weighted by molar-refractivity contribution is 0.504. The molecule has 0 aromatic heterocycles. The summed E-state index contributed by atoms with van der Waals surface area (Å²) in [6, 6.07) is 8.88. The second-order valence-electron chi connectivity index (χ2n) is 4.28. The Kier molecular flexibility index (Phi) is 1.98. The fourth-order valence-corrected chi connectivity index (χ4v) is 4.26. The lowest BCUT2D eigenvalue weighted by Crippen LogP contribution is -2.32. The normalized spacial score (nSPS) is 29.9. The molecule has 0 unspecified atom stereocenters. The van der Waals surface area contributed by atoms with Crippen LogP contribution in [0.4, 0.5) is 5.69 Å². The third-order valence-corrected chi connectivity index (χ3v) is 4.85. The second kappa shape index (κ2) is 3.20.